The number of methoxy groups -OCH3 is 2. The summed E-state index contributed by atoms with van der Waals surface area (Å²) in [7, 11) is 2.57. The Kier molecular flexibility index (Phi) is 5.61. The minimum Gasteiger partial charge on any atom is -0.494 e. The van der Waals surface area contributed by atoms with E-state index in [9.17, 15) is 8.78 Å². The van der Waals surface area contributed by atoms with Crippen molar-refractivity contribution in [3.8, 4) is 17.2 Å². The fourth-order valence-corrected chi connectivity index (χ4v) is 2.87. The monoisotopic (exact) mass is 418 g/mol. The molecule has 2 N–H and O–H groups in total. The second kappa shape index (κ2) is 8.49. The zero-order valence-electron chi connectivity index (χ0n) is 16.4. The van der Waals surface area contributed by atoms with Crippen molar-refractivity contribution in [2.24, 2.45) is 0 Å². The molecule has 1 aliphatic heterocycles. The van der Waals surface area contributed by atoms with Crippen molar-refractivity contribution in [1.29, 1.82) is 0 Å². The van der Waals surface area contributed by atoms with Crippen LogP contribution in [0.25, 0.3) is 0 Å². The van der Waals surface area contributed by atoms with Gasteiger partial charge in [0.15, 0.2) is 28.9 Å². The number of aromatic nitrogens is 4. The van der Waals surface area contributed by atoms with Crippen LogP contribution >= 0.6 is 0 Å². The Morgan fingerprint density at radius 2 is 1.77 bits per heavy atom. The molecule has 2 aromatic heterocycles. The average molecular weight is 418 g/mol. The van der Waals surface area contributed by atoms with E-state index in [1.807, 2.05) is 10.9 Å². The van der Waals surface area contributed by atoms with Gasteiger partial charge in [0.05, 0.1) is 50.1 Å². The number of anilines is 2. The van der Waals surface area contributed by atoms with Crippen molar-refractivity contribution in [2.45, 2.75) is 12.6 Å². The van der Waals surface area contributed by atoms with E-state index in [0.717, 1.165) is 24.8 Å². The molecular weight excluding hydrogens is 398 g/mol. The fraction of sp³-hybridized carbons (Fsp3) is 0.316. The third-order valence-electron chi connectivity index (χ3n) is 4.67. The highest BCUT2D eigenvalue weighted by Crippen LogP contribution is 2.32. The Labute approximate surface area is 171 Å². The van der Waals surface area contributed by atoms with Crippen molar-refractivity contribution in [3.05, 3.63) is 48.1 Å². The van der Waals surface area contributed by atoms with Crippen LogP contribution in [0.5, 0.6) is 17.2 Å². The van der Waals surface area contributed by atoms with Gasteiger partial charge in [0.25, 0.3) is 0 Å². The molecule has 1 aliphatic rings. The summed E-state index contributed by atoms with van der Waals surface area (Å²) in [4.78, 5) is 8.31. The number of nitrogens with zero attached hydrogens (tertiary/aromatic N) is 4. The topological polar surface area (TPSA) is 95.4 Å². The van der Waals surface area contributed by atoms with Gasteiger partial charge in [-0.05, 0) is 0 Å². The molecule has 3 heterocycles. The number of hydrogen-bond donors (Lipinski definition) is 2. The van der Waals surface area contributed by atoms with E-state index < -0.39 is 11.6 Å². The second-order valence-corrected chi connectivity index (χ2v) is 6.56. The van der Waals surface area contributed by atoms with Crippen LogP contribution in [0.3, 0.4) is 0 Å². The first-order chi connectivity index (χ1) is 14.6. The third-order valence-corrected chi connectivity index (χ3v) is 4.67. The molecular formula is C19H20F2N6O3. The van der Waals surface area contributed by atoms with E-state index in [4.69, 9.17) is 14.2 Å². The average Bonchev–Trinajstić information content (AvgIpc) is 3.15. The molecule has 0 bridgehead atoms. The highest BCUT2D eigenvalue weighted by Gasteiger charge is 2.21. The molecule has 1 saturated heterocycles. The number of rotatable bonds is 8. The van der Waals surface area contributed by atoms with Crippen molar-refractivity contribution < 1.29 is 23.0 Å². The van der Waals surface area contributed by atoms with Crippen LogP contribution in [0.15, 0.2) is 30.9 Å². The van der Waals surface area contributed by atoms with E-state index >= 15 is 0 Å². The molecule has 30 heavy (non-hydrogen) atoms. The molecule has 0 amide bonds. The zero-order valence-corrected chi connectivity index (χ0v) is 16.4. The maximum atomic E-state index is 14.4. The Balaban J connectivity index is 1.41. The van der Waals surface area contributed by atoms with Crippen molar-refractivity contribution in [1.82, 2.24) is 25.1 Å². The molecule has 1 fully saturated rings. The van der Waals surface area contributed by atoms with Crippen molar-refractivity contribution in [3.63, 3.8) is 0 Å². The second-order valence-electron chi connectivity index (χ2n) is 6.56. The molecule has 0 spiro atoms. The molecule has 0 atom stereocenters. The van der Waals surface area contributed by atoms with Gasteiger partial charge in [0, 0.05) is 25.4 Å². The summed E-state index contributed by atoms with van der Waals surface area (Å²) in [6, 6.07) is 1.50. The van der Waals surface area contributed by atoms with Crippen LogP contribution < -0.4 is 24.8 Å². The zero-order chi connectivity index (χ0) is 21.1. The van der Waals surface area contributed by atoms with Gasteiger partial charge in [-0.15, -0.1) is 0 Å². The van der Waals surface area contributed by atoms with Crippen molar-refractivity contribution in [2.75, 3.05) is 32.6 Å². The molecule has 9 nitrogen and oxygen atoms in total. The molecule has 158 valence electrons. The Bertz CT molecular complexity index is 996. The Morgan fingerprint density at radius 1 is 1.10 bits per heavy atom. The molecule has 0 aliphatic carbocycles. The largest absolute Gasteiger partial charge is 0.494 e. The number of benzene rings is 1. The summed E-state index contributed by atoms with van der Waals surface area (Å²) >= 11 is 0. The van der Waals surface area contributed by atoms with Gasteiger partial charge >= 0.3 is 0 Å². The van der Waals surface area contributed by atoms with Crippen LogP contribution in [-0.4, -0.2) is 47.1 Å². The summed E-state index contributed by atoms with van der Waals surface area (Å²) < 4.78 is 45.9. The number of ether oxygens (including phenoxy) is 3. The van der Waals surface area contributed by atoms with E-state index in [0.29, 0.717) is 12.0 Å². The molecule has 1 aromatic carbocycles. The molecule has 0 unspecified atom stereocenters. The van der Waals surface area contributed by atoms with Gasteiger partial charge in [-0.25, -0.2) is 18.7 Å². The fourth-order valence-electron chi connectivity index (χ4n) is 2.87. The highest BCUT2D eigenvalue weighted by molar-refractivity contribution is 5.50. The number of hydrogen-bond acceptors (Lipinski definition) is 8. The predicted octanol–water partition coefficient (Wildman–Crippen LogP) is 2.44. The van der Waals surface area contributed by atoms with Gasteiger partial charge in [0.1, 0.15) is 6.61 Å². The summed E-state index contributed by atoms with van der Waals surface area (Å²) in [5.74, 6) is -1.39. The molecule has 11 heteroatoms. The summed E-state index contributed by atoms with van der Waals surface area (Å²) in [5.41, 5.74) is 0.439. The third kappa shape index (κ3) is 3.96. The van der Waals surface area contributed by atoms with E-state index in [-0.39, 0.29) is 29.4 Å². The molecule has 0 radical (unpaired) electrons. The van der Waals surface area contributed by atoms with Crippen LogP contribution in [0.1, 0.15) is 11.6 Å². The van der Waals surface area contributed by atoms with Crippen LogP contribution in [0.2, 0.25) is 0 Å². The number of halogens is 2. The standard InChI is InChI=1S/C19H20F2N6O3/c1-28-15-3-16(29-2)18(21)14(17(15)20)10-30-13-7-23-19(24-8-13)26-11-4-25-27(9-11)12-5-22-6-12/h3-4,7-9,12,22H,5-6,10H2,1-2H3,(H,23,24,26). The lowest BCUT2D eigenvalue weighted by molar-refractivity contribution is 0.280. The van der Waals surface area contributed by atoms with E-state index in [1.54, 1.807) is 6.20 Å². The quantitative estimate of drug-likeness (QED) is 0.576. The Morgan fingerprint density at radius 3 is 2.33 bits per heavy atom. The number of nitrogens with one attached hydrogen (secondary N) is 2. The summed E-state index contributed by atoms with van der Waals surface area (Å²) in [5, 5.41) is 10.5. The SMILES string of the molecule is COc1cc(OC)c(F)c(COc2cnc(Nc3cnn(C4CNC4)c3)nc2)c1F. The van der Waals surface area contributed by atoms with Crippen LogP contribution in [0, 0.1) is 11.6 Å². The first-order valence-corrected chi connectivity index (χ1v) is 9.14. The van der Waals surface area contributed by atoms with E-state index in [2.05, 4.69) is 25.7 Å². The maximum absolute atomic E-state index is 14.4. The van der Waals surface area contributed by atoms with Gasteiger partial charge in [-0.2, -0.15) is 5.10 Å². The molecule has 4 rings (SSSR count). The lowest BCUT2D eigenvalue weighted by atomic mass is 10.1. The Hall–Kier alpha value is -3.47. The first-order valence-electron chi connectivity index (χ1n) is 9.14. The van der Waals surface area contributed by atoms with E-state index in [1.165, 1.54) is 26.6 Å². The lowest BCUT2D eigenvalue weighted by Crippen LogP contribution is -2.43. The minimum atomic E-state index is -0.853. The van der Waals surface area contributed by atoms with Crippen molar-refractivity contribution >= 4 is 11.6 Å². The van der Waals surface area contributed by atoms with Crippen LogP contribution in [0.4, 0.5) is 20.4 Å². The predicted molar refractivity (Wildman–Crippen MR) is 103 cm³/mol. The first kappa shape index (κ1) is 19.8. The van der Waals surface area contributed by atoms with Gasteiger partial charge < -0.3 is 24.8 Å². The molecule has 0 saturated carbocycles. The lowest BCUT2D eigenvalue weighted by Gasteiger charge is -2.27. The highest BCUT2D eigenvalue weighted by atomic mass is 19.1. The maximum Gasteiger partial charge on any atom is 0.227 e. The van der Waals surface area contributed by atoms with Crippen LogP contribution in [-0.2, 0) is 6.61 Å². The summed E-state index contributed by atoms with van der Waals surface area (Å²) in [6.45, 7) is 1.40. The smallest absolute Gasteiger partial charge is 0.227 e. The summed E-state index contributed by atoms with van der Waals surface area (Å²) in [6.07, 6.45) is 6.38. The van der Waals surface area contributed by atoms with Gasteiger partial charge in [-0.3, -0.25) is 4.68 Å². The van der Waals surface area contributed by atoms with Gasteiger partial charge in [0.2, 0.25) is 5.95 Å². The van der Waals surface area contributed by atoms with Gasteiger partial charge in [-0.1, -0.05) is 0 Å². The molecule has 3 aromatic rings. The minimum absolute atomic E-state index is 0.138. The normalized spacial score (nSPS) is 13.6.